The molecule has 0 aliphatic carbocycles. The summed E-state index contributed by atoms with van der Waals surface area (Å²) in [4.78, 5) is 31.2. The minimum Gasteiger partial charge on any atom is -0.432 e. The number of rotatable bonds is 3. The fourth-order valence-electron chi connectivity index (χ4n) is 5.37. The van der Waals surface area contributed by atoms with Crippen LogP contribution >= 0.6 is 11.3 Å². The Hall–Kier alpha value is -2.67. The van der Waals surface area contributed by atoms with Crippen molar-refractivity contribution < 1.29 is 4.42 Å². The summed E-state index contributed by atoms with van der Waals surface area (Å²) in [5.41, 5.74) is 3.84. The number of nitrogens with one attached hydrogen (secondary N) is 1. The number of aromatic amines is 1. The Kier molecular flexibility index (Phi) is 17.6. The van der Waals surface area contributed by atoms with E-state index in [1.165, 1.54) is 16.5 Å². The minimum absolute atomic E-state index is 0. The zero-order valence-corrected chi connectivity index (χ0v) is 32.9. The van der Waals surface area contributed by atoms with E-state index in [4.69, 9.17) is 9.40 Å². The molecule has 3 fully saturated rings. The Bertz CT molecular complexity index is 1200. The Morgan fingerprint density at radius 1 is 0.588 bits per heavy atom. The molecule has 0 saturated carbocycles. The highest BCUT2D eigenvalue weighted by molar-refractivity contribution is 7.13. The van der Waals surface area contributed by atoms with E-state index in [2.05, 4.69) is 133 Å². The van der Waals surface area contributed by atoms with Crippen LogP contribution in [-0.4, -0.2) is 134 Å². The van der Waals surface area contributed by atoms with Gasteiger partial charge in [0, 0.05) is 106 Å². The number of hydrogen-bond donors (Lipinski definition) is 1. The summed E-state index contributed by atoms with van der Waals surface area (Å²) in [6.45, 7) is 32.7. The topological polar surface area (TPSA) is 87.0 Å². The molecule has 3 aliphatic heterocycles. The van der Waals surface area contributed by atoms with Crippen molar-refractivity contribution >= 4 is 28.4 Å². The van der Waals surface area contributed by atoms with Crippen molar-refractivity contribution in [2.24, 2.45) is 0 Å². The van der Waals surface area contributed by atoms with Crippen LogP contribution < -0.4 is 14.7 Å². The molecule has 294 valence electrons. The van der Waals surface area contributed by atoms with Crippen LogP contribution in [0.1, 0.15) is 102 Å². The second-order valence-corrected chi connectivity index (χ2v) is 17.6. The lowest BCUT2D eigenvalue weighted by atomic mass is 9.93. The number of piperazine rings is 3. The summed E-state index contributed by atoms with van der Waals surface area (Å²) in [7, 11) is 6.49. The van der Waals surface area contributed by atoms with Crippen LogP contribution in [0.4, 0.5) is 17.1 Å². The fourth-order valence-corrected chi connectivity index (χ4v) is 6.48. The molecule has 0 spiro atoms. The van der Waals surface area contributed by atoms with E-state index >= 15 is 0 Å². The van der Waals surface area contributed by atoms with Crippen LogP contribution in [0.25, 0.3) is 0 Å². The van der Waals surface area contributed by atoms with Gasteiger partial charge in [-0.25, -0.2) is 9.97 Å². The second kappa shape index (κ2) is 19.4. The average molecular weight is 733 g/mol. The summed E-state index contributed by atoms with van der Waals surface area (Å²) in [5, 5.41) is 3.39. The van der Waals surface area contributed by atoms with Crippen LogP contribution in [-0.2, 0) is 16.2 Å². The third kappa shape index (κ3) is 13.7. The van der Waals surface area contributed by atoms with E-state index in [1.54, 1.807) is 17.6 Å². The monoisotopic (exact) mass is 733 g/mol. The van der Waals surface area contributed by atoms with Gasteiger partial charge in [0.05, 0.1) is 17.6 Å². The number of oxazole rings is 1. The molecule has 6 rings (SSSR count). The lowest BCUT2D eigenvalue weighted by Crippen LogP contribution is -2.45. The van der Waals surface area contributed by atoms with Crippen molar-refractivity contribution in [3.63, 3.8) is 0 Å². The molecule has 0 radical (unpaired) electrons. The number of anilines is 3. The minimum atomic E-state index is 0. The third-order valence-electron chi connectivity index (χ3n) is 9.24. The van der Waals surface area contributed by atoms with E-state index in [9.17, 15) is 0 Å². The van der Waals surface area contributed by atoms with Crippen LogP contribution in [0.2, 0.25) is 0 Å². The number of likely N-dealkylation sites (N-methyl/N-ethyl adjacent to an activating group) is 3. The van der Waals surface area contributed by atoms with Gasteiger partial charge in [-0.3, -0.25) is 0 Å². The molecule has 3 aliphatic rings. The molecule has 6 heterocycles. The summed E-state index contributed by atoms with van der Waals surface area (Å²) in [5.74, 6) is 1.03. The second-order valence-electron chi connectivity index (χ2n) is 16.8. The lowest BCUT2D eigenvalue weighted by Gasteiger charge is -2.32. The van der Waals surface area contributed by atoms with E-state index in [1.807, 2.05) is 6.20 Å². The first kappa shape index (κ1) is 46.4. The van der Waals surface area contributed by atoms with Crippen LogP contribution in [0.5, 0.6) is 0 Å². The molecule has 0 unspecified atom stereocenters. The Morgan fingerprint density at radius 3 is 1.43 bits per heavy atom. The number of thiazole rings is 1. The molecule has 0 atom stereocenters. The Balaban J connectivity index is 0.000000372. The maximum atomic E-state index is 5.56. The van der Waals surface area contributed by atoms with Crippen molar-refractivity contribution in [2.45, 2.75) is 101 Å². The van der Waals surface area contributed by atoms with Gasteiger partial charge < -0.3 is 38.8 Å². The van der Waals surface area contributed by atoms with E-state index in [-0.39, 0.29) is 38.5 Å². The fraction of sp³-hybridized carbons (Fsp3) is 0.769. The van der Waals surface area contributed by atoms with Crippen LogP contribution in [0.3, 0.4) is 0 Å². The molecule has 0 amide bonds. The molecule has 0 aromatic carbocycles. The predicted molar refractivity (Wildman–Crippen MR) is 223 cm³/mol. The maximum Gasteiger partial charge on any atom is 0.297 e. The Morgan fingerprint density at radius 2 is 1.04 bits per heavy atom. The van der Waals surface area contributed by atoms with Crippen molar-refractivity contribution in [3.05, 3.63) is 34.9 Å². The highest BCUT2D eigenvalue weighted by atomic mass is 32.1. The number of aromatic nitrogens is 4. The normalized spacial score (nSPS) is 18.0. The molecule has 3 aromatic rings. The summed E-state index contributed by atoms with van der Waals surface area (Å²) in [6.07, 6.45) is 3.75. The zero-order valence-electron chi connectivity index (χ0n) is 32.1. The summed E-state index contributed by atoms with van der Waals surface area (Å²) in [6, 6.07) is 0.776. The first-order valence-corrected chi connectivity index (χ1v) is 18.6. The molecule has 12 heteroatoms. The molecule has 0 bridgehead atoms. The van der Waals surface area contributed by atoms with Gasteiger partial charge in [-0.15, -0.1) is 11.3 Å². The smallest absolute Gasteiger partial charge is 0.297 e. The number of H-pyrrole nitrogens is 1. The standard InChI is InChI=1S/C12H22N4.C12H21N3O.C12H21N3S.3CH4/c1-12(2,3)10-9-13-11(14-10)16-7-5-15(4)6-8-16;2*1-12(2,3)10-9-16-11(13-10)15-7-5-14(4)6-8-15;;;/h9H,5-8H2,1-4H3,(H,13,14);2*9H,5-8H2,1-4H3;3*1H4. The quantitative estimate of drug-likeness (QED) is 0.297. The van der Waals surface area contributed by atoms with Gasteiger partial charge in [-0.05, 0) is 21.1 Å². The first-order valence-electron chi connectivity index (χ1n) is 17.7. The van der Waals surface area contributed by atoms with Crippen molar-refractivity contribution in [1.82, 2.24) is 34.6 Å². The van der Waals surface area contributed by atoms with Gasteiger partial charge in [0.25, 0.3) is 6.01 Å². The number of imidazole rings is 1. The number of nitrogens with zero attached hydrogens (tertiary/aromatic N) is 9. The van der Waals surface area contributed by atoms with Crippen molar-refractivity contribution in [1.29, 1.82) is 0 Å². The van der Waals surface area contributed by atoms with Gasteiger partial charge in [0.2, 0.25) is 5.95 Å². The molecule has 1 N–H and O–H groups in total. The number of hydrogen-bond acceptors (Lipinski definition) is 11. The molecular formula is C39H76N10OS. The lowest BCUT2D eigenvalue weighted by molar-refractivity contribution is 0.305. The van der Waals surface area contributed by atoms with Gasteiger partial charge >= 0.3 is 0 Å². The summed E-state index contributed by atoms with van der Waals surface area (Å²) >= 11 is 1.78. The van der Waals surface area contributed by atoms with Gasteiger partial charge in [0.1, 0.15) is 6.26 Å². The van der Waals surface area contributed by atoms with Crippen LogP contribution in [0.15, 0.2) is 22.3 Å². The molecular weight excluding hydrogens is 657 g/mol. The van der Waals surface area contributed by atoms with Gasteiger partial charge in [-0.2, -0.15) is 4.98 Å². The third-order valence-corrected chi connectivity index (χ3v) is 10.1. The van der Waals surface area contributed by atoms with E-state index in [0.717, 1.165) is 96.2 Å². The SMILES string of the molecule is C.C.C.CN1CCN(c2nc(C(C)(C)C)co2)CC1.CN1CCN(c2nc(C(C)(C)C)cs2)CC1.CN1CCN(c2ncc(C(C)(C)C)[nH]2)CC1. The van der Waals surface area contributed by atoms with Crippen molar-refractivity contribution in [2.75, 3.05) is 114 Å². The highest BCUT2D eigenvalue weighted by Gasteiger charge is 2.24. The molecule has 3 aromatic heterocycles. The van der Waals surface area contributed by atoms with Crippen LogP contribution in [0, 0.1) is 0 Å². The highest BCUT2D eigenvalue weighted by Crippen LogP contribution is 2.29. The maximum absolute atomic E-state index is 5.56. The van der Waals surface area contributed by atoms with Crippen molar-refractivity contribution in [3.8, 4) is 0 Å². The van der Waals surface area contributed by atoms with E-state index in [0.29, 0.717) is 0 Å². The molecule has 3 saturated heterocycles. The zero-order chi connectivity index (χ0) is 35.3. The Labute approximate surface area is 316 Å². The molecule has 11 nitrogen and oxygen atoms in total. The average Bonchev–Trinajstić information content (AvgIpc) is 3.80. The summed E-state index contributed by atoms with van der Waals surface area (Å²) < 4.78 is 5.56. The largest absolute Gasteiger partial charge is 0.432 e. The molecule has 51 heavy (non-hydrogen) atoms. The predicted octanol–water partition coefficient (Wildman–Crippen LogP) is 7.28. The van der Waals surface area contributed by atoms with Gasteiger partial charge in [-0.1, -0.05) is 84.6 Å². The first-order chi connectivity index (χ1) is 22.4. The van der Waals surface area contributed by atoms with Gasteiger partial charge in [0.15, 0.2) is 5.13 Å². The van der Waals surface area contributed by atoms with E-state index < -0.39 is 0 Å².